The molecule has 0 spiro atoms. The van der Waals surface area contributed by atoms with E-state index >= 15 is 0 Å². The van der Waals surface area contributed by atoms with Crippen molar-refractivity contribution in [2.45, 2.75) is 5.92 Å². The molecule has 1 unspecified atom stereocenters. The molecule has 25 heavy (non-hydrogen) atoms. The van der Waals surface area contributed by atoms with E-state index in [1.54, 1.807) is 0 Å². The van der Waals surface area contributed by atoms with Crippen LogP contribution >= 0.6 is 0 Å². The molecule has 1 atom stereocenters. The van der Waals surface area contributed by atoms with Crippen LogP contribution in [-0.4, -0.2) is 50.1 Å². The van der Waals surface area contributed by atoms with Crippen LogP contribution in [0.4, 0.5) is 11.4 Å². The van der Waals surface area contributed by atoms with Crippen molar-refractivity contribution in [3.8, 4) is 11.1 Å². The summed E-state index contributed by atoms with van der Waals surface area (Å²) < 4.78 is 5.38. The average molecular weight is 337 g/mol. The molecule has 2 aliphatic heterocycles. The lowest BCUT2D eigenvalue weighted by molar-refractivity contribution is -0.122. The number of hydrogen-bond donors (Lipinski definition) is 2. The van der Waals surface area contributed by atoms with Gasteiger partial charge in [0.25, 0.3) is 0 Å². The lowest BCUT2D eigenvalue weighted by Crippen LogP contribution is -2.41. The van der Waals surface area contributed by atoms with Crippen LogP contribution in [-0.2, 0) is 9.53 Å². The van der Waals surface area contributed by atoms with Gasteiger partial charge in [-0.25, -0.2) is 0 Å². The third-order valence-electron chi connectivity index (χ3n) is 5.07. The molecule has 0 bridgehead atoms. The van der Waals surface area contributed by atoms with Gasteiger partial charge in [0.15, 0.2) is 5.78 Å². The molecule has 2 aromatic rings. The van der Waals surface area contributed by atoms with Crippen LogP contribution in [0.25, 0.3) is 11.1 Å². The zero-order chi connectivity index (χ0) is 17.2. The highest BCUT2D eigenvalue weighted by Crippen LogP contribution is 2.41. The summed E-state index contributed by atoms with van der Waals surface area (Å²) in [5, 5.41) is 3.44. The molecule has 130 valence electrons. The third kappa shape index (κ3) is 3.13. The summed E-state index contributed by atoms with van der Waals surface area (Å²) in [5.74, 6) is 0.0686. The number of benzene rings is 2. The molecule has 0 amide bonds. The van der Waals surface area contributed by atoms with Crippen molar-refractivity contribution in [1.82, 2.24) is 4.90 Å². The summed E-state index contributed by atoms with van der Waals surface area (Å²) in [4.78, 5) is 15.2. The normalized spacial score (nSPS) is 20.1. The van der Waals surface area contributed by atoms with Crippen molar-refractivity contribution in [3.05, 3.63) is 48.0 Å². The number of anilines is 2. The summed E-state index contributed by atoms with van der Waals surface area (Å²) in [5.41, 5.74) is 11.1. The third-order valence-corrected chi connectivity index (χ3v) is 5.07. The molecule has 2 heterocycles. The van der Waals surface area contributed by atoms with Crippen LogP contribution in [0, 0.1) is 0 Å². The van der Waals surface area contributed by atoms with E-state index in [-0.39, 0.29) is 11.7 Å². The van der Waals surface area contributed by atoms with Gasteiger partial charge in [-0.15, -0.1) is 0 Å². The van der Waals surface area contributed by atoms with Gasteiger partial charge in [0.2, 0.25) is 0 Å². The first-order valence-electron chi connectivity index (χ1n) is 8.78. The van der Waals surface area contributed by atoms with Gasteiger partial charge in [-0.05, 0) is 23.3 Å². The Morgan fingerprint density at radius 3 is 2.80 bits per heavy atom. The zero-order valence-electron chi connectivity index (χ0n) is 14.2. The van der Waals surface area contributed by atoms with E-state index < -0.39 is 0 Å². The quantitative estimate of drug-likeness (QED) is 0.842. The number of nitrogens with zero attached hydrogens (tertiary/aromatic N) is 1. The predicted octanol–water partition coefficient (Wildman–Crippen LogP) is 2.35. The number of rotatable bonds is 3. The molecule has 0 aliphatic carbocycles. The molecule has 5 heteroatoms. The number of carbonyl (C=O) groups excluding carboxylic acids is 1. The first-order chi connectivity index (χ1) is 12.2. The number of ketones is 1. The highest BCUT2D eigenvalue weighted by atomic mass is 16.5. The maximum Gasteiger partial charge on any atom is 0.156 e. The maximum absolute atomic E-state index is 13.1. The Morgan fingerprint density at radius 1 is 1.16 bits per heavy atom. The fourth-order valence-electron chi connectivity index (χ4n) is 3.75. The molecule has 1 saturated heterocycles. The molecule has 0 saturated carbocycles. The van der Waals surface area contributed by atoms with Crippen molar-refractivity contribution >= 4 is 17.2 Å². The Bertz CT molecular complexity index is 784. The Labute approximate surface area is 147 Å². The monoisotopic (exact) mass is 337 g/mol. The molecular formula is C20H23N3O2. The predicted molar refractivity (Wildman–Crippen MR) is 99.8 cm³/mol. The summed E-state index contributed by atoms with van der Waals surface area (Å²) in [7, 11) is 0. The lowest BCUT2D eigenvalue weighted by atomic mass is 9.88. The average Bonchev–Trinajstić information content (AvgIpc) is 2.80. The van der Waals surface area contributed by atoms with Crippen LogP contribution < -0.4 is 11.1 Å². The van der Waals surface area contributed by atoms with Crippen LogP contribution in [0.15, 0.2) is 42.5 Å². The standard InChI is InChI=1S/C20H23N3O2/c21-17-6-3-7-18-20(17)15-5-2-1-4-14(15)16(12-22-18)19(24)13-23-8-10-25-11-9-23/h1-7,16,22H,8-13,21H2. The van der Waals surface area contributed by atoms with Gasteiger partial charge in [0.05, 0.1) is 25.7 Å². The minimum atomic E-state index is -0.175. The molecule has 2 aliphatic rings. The minimum absolute atomic E-state index is 0.175. The largest absolute Gasteiger partial charge is 0.398 e. The summed E-state index contributed by atoms with van der Waals surface area (Å²) in [6.07, 6.45) is 0. The number of nitrogen functional groups attached to an aromatic ring is 1. The molecule has 0 aromatic heterocycles. The number of morpholine rings is 1. The summed E-state index contributed by atoms with van der Waals surface area (Å²) in [6, 6.07) is 14.0. The zero-order valence-corrected chi connectivity index (χ0v) is 14.2. The van der Waals surface area contributed by atoms with Gasteiger partial charge < -0.3 is 15.8 Å². The Kier molecular flexibility index (Phi) is 4.42. The van der Waals surface area contributed by atoms with E-state index in [0.29, 0.717) is 26.3 Å². The Balaban J connectivity index is 1.68. The van der Waals surface area contributed by atoms with Gasteiger partial charge in [0, 0.05) is 36.6 Å². The van der Waals surface area contributed by atoms with Crippen LogP contribution in [0.5, 0.6) is 0 Å². The first kappa shape index (κ1) is 16.1. The SMILES string of the molecule is Nc1cccc2c1-c1ccccc1C(C(=O)CN1CCOCC1)CN2. The number of carbonyl (C=O) groups is 1. The molecule has 0 radical (unpaired) electrons. The second-order valence-corrected chi connectivity index (χ2v) is 6.65. The van der Waals surface area contributed by atoms with Crippen LogP contribution in [0.1, 0.15) is 11.5 Å². The number of nitrogens with one attached hydrogen (secondary N) is 1. The highest BCUT2D eigenvalue weighted by molar-refractivity contribution is 5.96. The number of hydrogen-bond acceptors (Lipinski definition) is 5. The molecule has 3 N–H and O–H groups in total. The highest BCUT2D eigenvalue weighted by Gasteiger charge is 2.29. The van der Waals surface area contributed by atoms with Crippen molar-refractivity contribution in [1.29, 1.82) is 0 Å². The minimum Gasteiger partial charge on any atom is -0.398 e. The smallest absolute Gasteiger partial charge is 0.156 e. The fourth-order valence-corrected chi connectivity index (χ4v) is 3.75. The molecule has 1 fully saturated rings. The topological polar surface area (TPSA) is 67.6 Å². The van der Waals surface area contributed by atoms with E-state index in [1.165, 1.54) is 0 Å². The van der Waals surface area contributed by atoms with Gasteiger partial charge in [-0.2, -0.15) is 0 Å². The number of ether oxygens (including phenoxy) is 1. The second-order valence-electron chi connectivity index (χ2n) is 6.65. The van der Waals surface area contributed by atoms with E-state index in [4.69, 9.17) is 10.5 Å². The molecule has 2 aromatic carbocycles. The van der Waals surface area contributed by atoms with E-state index in [2.05, 4.69) is 22.3 Å². The van der Waals surface area contributed by atoms with Crippen molar-refractivity contribution in [2.24, 2.45) is 0 Å². The number of nitrogens with two attached hydrogens (primary N) is 1. The maximum atomic E-state index is 13.1. The van der Waals surface area contributed by atoms with Crippen molar-refractivity contribution < 1.29 is 9.53 Å². The van der Waals surface area contributed by atoms with Crippen molar-refractivity contribution in [3.63, 3.8) is 0 Å². The second kappa shape index (κ2) is 6.86. The lowest BCUT2D eigenvalue weighted by Gasteiger charge is -2.27. The molecule has 4 rings (SSSR count). The van der Waals surface area contributed by atoms with Crippen LogP contribution in [0.3, 0.4) is 0 Å². The fraction of sp³-hybridized carbons (Fsp3) is 0.350. The van der Waals surface area contributed by atoms with E-state index in [0.717, 1.165) is 41.2 Å². The molecule has 5 nitrogen and oxygen atoms in total. The van der Waals surface area contributed by atoms with Crippen LogP contribution in [0.2, 0.25) is 0 Å². The van der Waals surface area contributed by atoms with Gasteiger partial charge in [0.1, 0.15) is 0 Å². The summed E-state index contributed by atoms with van der Waals surface area (Å²) >= 11 is 0. The number of Topliss-reactive ketones (excluding diaryl/α,β-unsaturated/α-hetero) is 1. The van der Waals surface area contributed by atoms with Gasteiger partial charge in [-0.3, -0.25) is 9.69 Å². The first-order valence-corrected chi connectivity index (χ1v) is 8.78. The number of fused-ring (bicyclic) bond motifs is 3. The van der Waals surface area contributed by atoms with E-state index in [1.807, 2.05) is 30.3 Å². The Morgan fingerprint density at radius 2 is 1.96 bits per heavy atom. The molecular weight excluding hydrogens is 314 g/mol. The van der Waals surface area contributed by atoms with Crippen molar-refractivity contribution in [2.75, 3.05) is 50.4 Å². The van der Waals surface area contributed by atoms with Gasteiger partial charge in [-0.1, -0.05) is 30.3 Å². The Hall–Kier alpha value is -2.37. The van der Waals surface area contributed by atoms with Gasteiger partial charge >= 0.3 is 0 Å². The van der Waals surface area contributed by atoms with E-state index in [9.17, 15) is 4.79 Å². The summed E-state index contributed by atoms with van der Waals surface area (Å²) in [6.45, 7) is 4.11.